The molecule has 3 aromatic heterocycles. The molecule has 0 fully saturated rings. The molecule has 0 aliphatic carbocycles. The Morgan fingerprint density at radius 2 is 2.04 bits per heavy atom. The van der Waals surface area contributed by atoms with E-state index in [9.17, 15) is 4.79 Å². The second-order valence-corrected chi connectivity index (χ2v) is 5.90. The molecule has 4 rings (SSSR count). The number of aromatic nitrogens is 5. The molecule has 0 aliphatic rings. The van der Waals surface area contributed by atoms with Crippen molar-refractivity contribution in [2.24, 2.45) is 0 Å². The molecule has 2 N–H and O–H groups in total. The number of carbonyl (C=O) groups excluding carboxylic acids is 1. The minimum atomic E-state index is -0.343. The van der Waals surface area contributed by atoms with E-state index in [1.54, 1.807) is 66.9 Å². The second kappa shape index (κ2) is 7.89. The van der Waals surface area contributed by atoms with Crippen molar-refractivity contribution in [1.29, 1.82) is 0 Å². The monoisotopic (exact) mass is 378 g/mol. The predicted octanol–water partition coefficient (Wildman–Crippen LogP) is 2.42. The van der Waals surface area contributed by atoms with Crippen LogP contribution in [-0.2, 0) is 4.74 Å². The highest BCUT2D eigenvalue weighted by atomic mass is 16.5. The Kier molecular flexibility index (Phi) is 4.98. The molecule has 28 heavy (non-hydrogen) atoms. The molecule has 3 heterocycles. The third-order valence-electron chi connectivity index (χ3n) is 4.01. The number of amides is 1. The molecule has 142 valence electrons. The molecule has 9 nitrogen and oxygen atoms in total. The fraction of sp³-hybridized carbons (Fsp3) is 0.158. The van der Waals surface area contributed by atoms with E-state index in [2.05, 4.69) is 25.3 Å². The van der Waals surface area contributed by atoms with Crippen molar-refractivity contribution < 1.29 is 14.3 Å². The van der Waals surface area contributed by atoms with Crippen LogP contribution in [-0.4, -0.2) is 50.7 Å². The summed E-state index contributed by atoms with van der Waals surface area (Å²) in [5.41, 5.74) is 2.09. The van der Waals surface area contributed by atoms with Crippen molar-refractivity contribution in [3.8, 4) is 11.7 Å². The van der Waals surface area contributed by atoms with Crippen molar-refractivity contribution in [1.82, 2.24) is 24.5 Å². The zero-order valence-electron chi connectivity index (χ0n) is 15.1. The lowest BCUT2D eigenvalue weighted by atomic mass is 10.2. The van der Waals surface area contributed by atoms with Crippen LogP contribution in [0.5, 0.6) is 5.75 Å². The lowest BCUT2D eigenvalue weighted by Gasteiger charge is -2.09. The maximum Gasteiger partial charge on any atom is 0.276 e. The minimum Gasteiger partial charge on any atom is -0.491 e. The van der Waals surface area contributed by atoms with Gasteiger partial charge in [0.2, 0.25) is 5.95 Å². The smallest absolute Gasteiger partial charge is 0.276 e. The van der Waals surface area contributed by atoms with Crippen molar-refractivity contribution in [2.45, 2.75) is 0 Å². The van der Waals surface area contributed by atoms with Gasteiger partial charge in [0.05, 0.1) is 17.6 Å². The predicted molar refractivity (Wildman–Crippen MR) is 103 cm³/mol. The molecule has 0 aliphatic heterocycles. The number of H-pyrrole nitrogens is 1. The van der Waals surface area contributed by atoms with Crippen molar-refractivity contribution >= 4 is 22.6 Å². The first kappa shape index (κ1) is 17.7. The summed E-state index contributed by atoms with van der Waals surface area (Å²) in [6, 6.07) is 8.90. The fourth-order valence-corrected chi connectivity index (χ4v) is 2.66. The van der Waals surface area contributed by atoms with E-state index in [4.69, 9.17) is 9.47 Å². The highest BCUT2D eigenvalue weighted by Crippen LogP contribution is 2.19. The molecule has 1 aromatic carbocycles. The number of carbonyl (C=O) groups is 1. The summed E-state index contributed by atoms with van der Waals surface area (Å²) in [5.74, 6) is 0.729. The van der Waals surface area contributed by atoms with Gasteiger partial charge in [-0.15, -0.1) is 0 Å². The maximum atomic E-state index is 12.8. The molecule has 0 bridgehead atoms. The Morgan fingerprint density at radius 1 is 1.18 bits per heavy atom. The summed E-state index contributed by atoms with van der Waals surface area (Å²) < 4.78 is 12.1. The van der Waals surface area contributed by atoms with Gasteiger partial charge in [-0.2, -0.15) is 0 Å². The Balaban J connectivity index is 1.56. The summed E-state index contributed by atoms with van der Waals surface area (Å²) in [4.78, 5) is 28.7. The Bertz CT molecular complexity index is 1070. The van der Waals surface area contributed by atoms with Crippen molar-refractivity contribution in [2.75, 3.05) is 25.6 Å². The molecule has 4 aromatic rings. The largest absolute Gasteiger partial charge is 0.491 e. The zero-order valence-corrected chi connectivity index (χ0v) is 15.1. The summed E-state index contributed by atoms with van der Waals surface area (Å²) >= 11 is 0. The van der Waals surface area contributed by atoms with Gasteiger partial charge < -0.3 is 19.8 Å². The summed E-state index contributed by atoms with van der Waals surface area (Å²) in [5, 5.41) is 2.85. The van der Waals surface area contributed by atoms with Gasteiger partial charge in [-0.25, -0.2) is 15.0 Å². The lowest BCUT2D eigenvalue weighted by Crippen LogP contribution is -2.16. The number of benzene rings is 1. The number of imidazole rings is 1. The van der Waals surface area contributed by atoms with Crippen LogP contribution in [0, 0.1) is 0 Å². The van der Waals surface area contributed by atoms with E-state index in [1.165, 1.54) is 0 Å². The van der Waals surface area contributed by atoms with Gasteiger partial charge >= 0.3 is 0 Å². The molecule has 1 amide bonds. The van der Waals surface area contributed by atoms with Crippen LogP contribution in [0.25, 0.3) is 17.0 Å². The van der Waals surface area contributed by atoms with Crippen LogP contribution in [0.4, 0.5) is 5.69 Å². The van der Waals surface area contributed by atoms with Crippen molar-refractivity contribution in [3.63, 3.8) is 0 Å². The van der Waals surface area contributed by atoms with E-state index in [0.717, 1.165) is 0 Å². The topological polar surface area (TPSA) is 107 Å². The molecular formula is C19H18N6O3. The van der Waals surface area contributed by atoms with E-state index < -0.39 is 0 Å². The number of hydrogen-bond acceptors (Lipinski definition) is 6. The third kappa shape index (κ3) is 3.69. The minimum absolute atomic E-state index is 0.249. The molecule has 9 heteroatoms. The van der Waals surface area contributed by atoms with Gasteiger partial charge in [0.15, 0.2) is 5.69 Å². The van der Waals surface area contributed by atoms with Gasteiger partial charge in [0.1, 0.15) is 18.7 Å². The van der Waals surface area contributed by atoms with E-state index >= 15 is 0 Å². The number of aromatic amines is 1. The van der Waals surface area contributed by atoms with Crippen LogP contribution < -0.4 is 10.1 Å². The molecule has 0 saturated heterocycles. The number of ether oxygens (including phenoxy) is 2. The molecule has 0 unspecified atom stereocenters. The number of rotatable bonds is 7. The number of nitrogens with zero attached hydrogens (tertiary/aromatic N) is 4. The highest BCUT2D eigenvalue weighted by Gasteiger charge is 2.17. The maximum absolute atomic E-state index is 12.8. The van der Waals surface area contributed by atoms with Gasteiger partial charge in [0.25, 0.3) is 5.91 Å². The van der Waals surface area contributed by atoms with Crippen molar-refractivity contribution in [3.05, 3.63) is 60.9 Å². The van der Waals surface area contributed by atoms with Crippen LogP contribution >= 0.6 is 0 Å². The Morgan fingerprint density at radius 3 is 2.79 bits per heavy atom. The fourth-order valence-electron chi connectivity index (χ4n) is 2.66. The summed E-state index contributed by atoms with van der Waals surface area (Å²) in [7, 11) is 1.62. The quantitative estimate of drug-likeness (QED) is 0.478. The molecule has 0 atom stereocenters. The van der Waals surface area contributed by atoms with Crippen LogP contribution in [0.15, 0.2) is 55.2 Å². The average molecular weight is 378 g/mol. The zero-order chi connectivity index (χ0) is 19.3. The normalized spacial score (nSPS) is 10.9. The highest BCUT2D eigenvalue weighted by molar-refractivity contribution is 6.10. The summed E-state index contributed by atoms with van der Waals surface area (Å²) in [6.07, 6.45) is 6.65. The SMILES string of the molecule is COCCOc1ccc(NC(=O)c2nc(-n3ccnc3)nc3cc[nH]c23)cc1. The molecule has 0 radical (unpaired) electrons. The molecule has 0 saturated carbocycles. The van der Waals surface area contributed by atoms with E-state index in [1.807, 2.05) is 0 Å². The van der Waals surface area contributed by atoms with Gasteiger partial charge in [0, 0.05) is 31.4 Å². The number of fused-ring (bicyclic) bond motifs is 1. The number of hydrogen-bond donors (Lipinski definition) is 2. The van der Waals surface area contributed by atoms with Crippen LogP contribution in [0.2, 0.25) is 0 Å². The first-order chi connectivity index (χ1) is 13.7. The number of methoxy groups -OCH3 is 1. The first-order valence-corrected chi connectivity index (χ1v) is 8.61. The van der Waals surface area contributed by atoms with E-state index in [0.29, 0.717) is 41.6 Å². The standard InChI is InChI=1S/C19H18N6O3/c1-27-10-11-28-14-4-2-13(3-5-14)22-18(26)17-16-15(6-7-21-16)23-19(24-17)25-9-8-20-12-25/h2-9,12,21H,10-11H2,1H3,(H,22,26). The van der Waals surface area contributed by atoms with Gasteiger partial charge in [-0.05, 0) is 30.3 Å². The Labute approximate surface area is 160 Å². The van der Waals surface area contributed by atoms with Crippen LogP contribution in [0.1, 0.15) is 10.5 Å². The lowest BCUT2D eigenvalue weighted by molar-refractivity contribution is 0.102. The summed E-state index contributed by atoms with van der Waals surface area (Å²) in [6.45, 7) is 0.975. The van der Waals surface area contributed by atoms with E-state index in [-0.39, 0.29) is 11.6 Å². The third-order valence-corrected chi connectivity index (χ3v) is 4.01. The number of nitrogens with one attached hydrogen (secondary N) is 2. The Hall–Kier alpha value is -3.72. The number of anilines is 1. The average Bonchev–Trinajstić information content (AvgIpc) is 3.40. The van der Waals surface area contributed by atoms with Gasteiger partial charge in [-0.1, -0.05) is 0 Å². The second-order valence-electron chi connectivity index (χ2n) is 5.90. The molecular weight excluding hydrogens is 360 g/mol. The van der Waals surface area contributed by atoms with Crippen LogP contribution in [0.3, 0.4) is 0 Å². The molecule has 0 spiro atoms. The first-order valence-electron chi connectivity index (χ1n) is 8.61. The van der Waals surface area contributed by atoms with Gasteiger partial charge in [-0.3, -0.25) is 9.36 Å².